The number of fused-ring (bicyclic) bond motifs is 1. The molecular weight excluding hydrogens is 409 g/mol. The molecule has 0 saturated carbocycles. The van der Waals surface area contributed by atoms with E-state index in [1.165, 1.54) is 35.6 Å². The van der Waals surface area contributed by atoms with E-state index in [-0.39, 0.29) is 36.7 Å². The molecule has 0 unspecified atom stereocenters. The van der Waals surface area contributed by atoms with Crippen molar-refractivity contribution in [3.8, 4) is 0 Å². The fourth-order valence-electron chi connectivity index (χ4n) is 4.26. The van der Waals surface area contributed by atoms with Gasteiger partial charge in [0.05, 0.1) is 6.20 Å². The van der Waals surface area contributed by atoms with Crippen molar-refractivity contribution in [1.82, 2.24) is 20.2 Å². The lowest BCUT2D eigenvalue weighted by molar-refractivity contribution is -0.123. The van der Waals surface area contributed by atoms with E-state index < -0.39 is 30.2 Å². The van der Waals surface area contributed by atoms with Crippen LogP contribution in [0.3, 0.4) is 0 Å². The molecule has 1 aliphatic carbocycles. The third kappa shape index (κ3) is 4.50. The number of amides is 1. The standard InChI is InChI=1S/C22H23F3N4O2/c1-13-20(30)5-6-28(19-10-17(24)9-18(25)21(13)19)27-22(31)29-12-15(11-26-29)7-14-3-2-4-16(23)8-14/h2-4,8,10-13,17-18,21H,5-7,9H2,1H3,(H,27,31)/t13-,17+,18+,21-/m1/s1. The predicted molar refractivity (Wildman–Crippen MR) is 107 cm³/mol. The maximum atomic E-state index is 14.6. The van der Waals surface area contributed by atoms with Crippen LogP contribution < -0.4 is 5.43 Å². The van der Waals surface area contributed by atoms with Gasteiger partial charge in [0.25, 0.3) is 0 Å². The van der Waals surface area contributed by atoms with Crippen LogP contribution in [-0.4, -0.2) is 45.5 Å². The van der Waals surface area contributed by atoms with Gasteiger partial charge in [0.1, 0.15) is 23.9 Å². The van der Waals surface area contributed by atoms with Crippen LogP contribution in [0.5, 0.6) is 0 Å². The number of carbonyl (C=O) groups excluding carboxylic acids is 2. The van der Waals surface area contributed by atoms with Gasteiger partial charge < -0.3 is 0 Å². The summed E-state index contributed by atoms with van der Waals surface area (Å²) in [6.07, 6.45) is 1.51. The molecule has 2 aromatic rings. The Hall–Kier alpha value is -3.10. The molecule has 6 nitrogen and oxygen atoms in total. The van der Waals surface area contributed by atoms with Crippen molar-refractivity contribution in [2.45, 2.75) is 38.5 Å². The Labute approximate surface area is 177 Å². The molecule has 4 rings (SSSR count). The summed E-state index contributed by atoms with van der Waals surface area (Å²) >= 11 is 0. The summed E-state index contributed by atoms with van der Waals surface area (Å²) in [5.74, 6) is -1.87. The topological polar surface area (TPSA) is 67.2 Å². The molecule has 0 bridgehead atoms. The van der Waals surface area contributed by atoms with Gasteiger partial charge >= 0.3 is 6.03 Å². The SMILES string of the molecule is C[C@@H]1C(=O)CCN(NC(=O)n2cc(Cc3cccc(F)c3)cn2)C2=C[C@@H](F)C[C@H](F)[C@H]21. The first-order valence-corrected chi connectivity index (χ1v) is 10.2. The van der Waals surface area contributed by atoms with E-state index in [0.29, 0.717) is 12.0 Å². The fourth-order valence-corrected chi connectivity index (χ4v) is 4.26. The van der Waals surface area contributed by atoms with E-state index in [1.807, 2.05) is 0 Å². The summed E-state index contributed by atoms with van der Waals surface area (Å²) in [5, 5.41) is 5.40. The van der Waals surface area contributed by atoms with E-state index in [9.17, 15) is 22.8 Å². The summed E-state index contributed by atoms with van der Waals surface area (Å²) in [5.41, 5.74) is 4.34. The second-order valence-corrected chi connectivity index (χ2v) is 8.06. The number of rotatable bonds is 3. The first-order chi connectivity index (χ1) is 14.8. The quantitative estimate of drug-likeness (QED) is 0.805. The highest BCUT2D eigenvalue weighted by Gasteiger charge is 2.43. The molecule has 164 valence electrons. The Morgan fingerprint density at radius 2 is 2.10 bits per heavy atom. The monoisotopic (exact) mass is 432 g/mol. The number of halogens is 3. The molecule has 1 aromatic carbocycles. The number of alkyl halides is 2. The van der Waals surface area contributed by atoms with E-state index in [0.717, 1.165) is 10.2 Å². The number of carbonyl (C=O) groups is 2. The third-order valence-electron chi connectivity index (χ3n) is 5.85. The number of allylic oxidation sites excluding steroid dienone is 2. The van der Waals surface area contributed by atoms with Gasteiger partial charge in [-0.25, -0.2) is 23.4 Å². The lowest BCUT2D eigenvalue weighted by Gasteiger charge is -2.36. The van der Waals surface area contributed by atoms with Crippen LogP contribution in [0.4, 0.5) is 18.0 Å². The zero-order valence-electron chi connectivity index (χ0n) is 17.0. The summed E-state index contributed by atoms with van der Waals surface area (Å²) in [4.78, 5) is 25.1. The highest BCUT2D eigenvalue weighted by Crippen LogP contribution is 2.38. The largest absolute Gasteiger partial charge is 0.360 e. The number of Topliss-reactive ketones (excluding diaryl/α,β-unsaturated/α-hetero) is 1. The van der Waals surface area contributed by atoms with Crippen LogP contribution in [0.2, 0.25) is 0 Å². The first kappa shape index (κ1) is 21.1. The van der Waals surface area contributed by atoms with Crippen LogP contribution in [0, 0.1) is 17.7 Å². The molecule has 0 radical (unpaired) electrons. The number of nitrogens with one attached hydrogen (secondary N) is 1. The van der Waals surface area contributed by atoms with Crippen molar-refractivity contribution in [2.24, 2.45) is 11.8 Å². The van der Waals surface area contributed by atoms with E-state index in [1.54, 1.807) is 19.1 Å². The lowest BCUT2D eigenvalue weighted by Crippen LogP contribution is -2.48. The number of hydrazine groups is 1. The minimum Gasteiger partial charge on any atom is -0.299 e. The van der Waals surface area contributed by atoms with Crippen molar-refractivity contribution in [3.63, 3.8) is 0 Å². The van der Waals surface area contributed by atoms with E-state index in [4.69, 9.17) is 0 Å². The average Bonchev–Trinajstić information content (AvgIpc) is 3.14. The maximum Gasteiger partial charge on any atom is 0.360 e. The Balaban J connectivity index is 1.51. The summed E-state index contributed by atoms with van der Waals surface area (Å²) in [6, 6.07) is 5.51. The molecule has 9 heteroatoms. The van der Waals surface area contributed by atoms with Crippen molar-refractivity contribution >= 4 is 11.8 Å². The van der Waals surface area contributed by atoms with Crippen molar-refractivity contribution < 1.29 is 22.8 Å². The number of hydrogen-bond donors (Lipinski definition) is 1. The van der Waals surface area contributed by atoms with Crippen molar-refractivity contribution in [3.05, 3.63) is 65.4 Å². The zero-order chi connectivity index (χ0) is 22.1. The van der Waals surface area contributed by atoms with Crippen LogP contribution in [-0.2, 0) is 11.2 Å². The van der Waals surface area contributed by atoms with Gasteiger partial charge in [-0.1, -0.05) is 19.1 Å². The zero-order valence-corrected chi connectivity index (χ0v) is 17.0. The first-order valence-electron chi connectivity index (χ1n) is 10.2. The van der Waals surface area contributed by atoms with Crippen molar-refractivity contribution in [2.75, 3.05) is 6.54 Å². The second kappa shape index (κ2) is 8.56. The number of benzene rings is 1. The second-order valence-electron chi connectivity index (χ2n) is 8.06. The minimum absolute atomic E-state index is 0.114. The molecule has 31 heavy (non-hydrogen) atoms. The molecular formula is C22H23F3N4O2. The highest BCUT2D eigenvalue weighted by molar-refractivity contribution is 5.82. The highest BCUT2D eigenvalue weighted by atomic mass is 19.1. The molecule has 4 atom stereocenters. The Kier molecular flexibility index (Phi) is 5.84. The lowest BCUT2D eigenvalue weighted by atomic mass is 9.79. The number of aromatic nitrogens is 2. The average molecular weight is 432 g/mol. The molecule has 1 fully saturated rings. The van der Waals surface area contributed by atoms with Gasteiger partial charge in [0.15, 0.2) is 0 Å². The third-order valence-corrected chi connectivity index (χ3v) is 5.85. The summed E-state index contributed by atoms with van der Waals surface area (Å²) in [7, 11) is 0. The number of hydrogen-bond acceptors (Lipinski definition) is 4. The summed E-state index contributed by atoms with van der Waals surface area (Å²) in [6.45, 7) is 1.76. The van der Waals surface area contributed by atoms with Gasteiger partial charge in [0.2, 0.25) is 0 Å². The van der Waals surface area contributed by atoms with Crippen molar-refractivity contribution in [1.29, 1.82) is 0 Å². The van der Waals surface area contributed by atoms with Gasteiger partial charge in [-0.2, -0.15) is 9.78 Å². The smallest absolute Gasteiger partial charge is 0.299 e. The normalized spacial score (nSPS) is 26.1. The summed E-state index contributed by atoms with van der Waals surface area (Å²) < 4.78 is 43.1. The molecule has 0 spiro atoms. The molecule has 1 N–H and O–H groups in total. The van der Waals surface area contributed by atoms with Gasteiger partial charge in [0, 0.05) is 49.5 Å². The van der Waals surface area contributed by atoms with Gasteiger partial charge in [-0.15, -0.1) is 0 Å². The van der Waals surface area contributed by atoms with E-state index in [2.05, 4.69) is 10.5 Å². The minimum atomic E-state index is -1.51. The van der Waals surface area contributed by atoms with E-state index >= 15 is 0 Å². The Bertz CT molecular complexity index is 1020. The van der Waals surface area contributed by atoms with Crippen LogP contribution in [0.25, 0.3) is 0 Å². The number of ketones is 1. The maximum absolute atomic E-state index is 14.6. The number of nitrogens with zero attached hydrogens (tertiary/aromatic N) is 3. The fraction of sp³-hybridized carbons (Fsp3) is 0.409. The van der Waals surface area contributed by atoms with Crippen LogP contribution in [0.1, 0.15) is 30.9 Å². The van der Waals surface area contributed by atoms with Crippen LogP contribution in [0.15, 0.2) is 48.4 Å². The molecule has 1 saturated heterocycles. The molecule has 2 heterocycles. The van der Waals surface area contributed by atoms with Gasteiger partial charge in [-0.3, -0.25) is 9.80 Å². The van der Waals surface area contributed by atoms with Gasteiger partial charge in [-0.05, 0) is 29.3 Å². The molecule has 1 aromatic heterocycles. The van der Waals surface area contributed by atoms with Crippen LogP contribution >= 0.6 is 0 Å². The Morgan fingerprint density at radius 1 is 1.29 bits per heavy atom. The Morgan fingerprint density at radius 3 is 2.87 bits per heavy atom. The molecule has 1 amide bonds. The molecule has 2 aliphatic rings. The predicted octanol–water partition coefficient (Wildman–Crippen LogP) is 3.58. The molecule has 1 aliphatic heterocycles.